The normalized spacial score (nSPS) is 15.6. The maximum absolute atomic E-state index is 13.6. The molecule has 12 atom stereocenters. The zero-order chi connectivity index (χ0) is 80.4. The molecule has 632 valence electrons. The third-order valence-electron chi connectivity index (χ3n) is 15.3. The van der Waals surface area contributed by atoms with Crippen molar-refractivity contribution >= 4 is 50.8 Å². The van der Waals surface area contributed by atoms with Crippen LogP contribution in [0.25, 0.3) is 0 Å². The van der Waals surface area contributed by atoms with Gasteiger partial charge in [-0.3, -0.25) is 33.2 Å². The van der Waals surface area contributed by atoms with Crippen LogP contribution >= 0.6 is 15.4 Å². The van der Waals surface area contributed by atoms with E-state index in [4.69, 9.17) is 72.4 Å². The number of aliphatic hydroxyl groups excluding tert-OH is 9. The number of nitrogens with zero attached hydrogens (tertiary/aromatic N) is 1. The minimum atomic E-state index is -5.05. The molecule has 1 aromatic rings. The zero-order valence-corrected chi connectivity index (χ0v) is 64.3. The van der Waals surface area contributed by atoms with E-state index in [1.807, 2.05) is 0 Å². The number of phosphoric ester groups is 1. The number of aliphatic hydroxyl groups is 9. The fourth-order valence-electron chi connectivity index (χ4n) is 9.33. The Morgan fingerprint density at radius 3 is 1.23 bits per heavy atom. The molecular formula is C65H124N8O33P2. The lowest BCUT2D eigenvalue weighted by molar-refractivity contribution is -0.132. The second-order valence-electron chi connectivity index (χ2n) is 24.7. The number of likely N-dealkylation sites (N-methyl/N-ethyl adjacent to an activating group) is 1. The predicted octanol–water partition coefficient (Wildman–Crippen LogP) is -5.21. The Hall–Kier alpha value is -4.29. The lowest BCUT2D eigenvalue weighted by Crippen LogP contribution is -2.57. The van der Waals surface area contributed by atoms with Crippen molar-refractivity contribution in [3.63, 3.8) is 0 Å². The van der Waals surface area contributed by atoms with Crippen molar-refractivity contribution in [2.45, 2.75) is 126 Å². The summed E-state index contributed by atoms with van der Waals surface area (Å²) in [7, 11) is -7.48. The lowest BCUT2D eigenvalue weighted by Gasteiger charge is -2.33. The molecule has 0 radical (unpaired) electrons. The van der Waals surface area contributed by atoms with Crippen LogP contribution in [-0.2, 0) is 101 Å². The summed E-state index contributed by atoms with van der Waals surface area (Å²) in [4.78, 5) is 92.1. The predicted molar refractivity (Wildman–Crippen MR) is 385 cm³/mol. The average molecular weight is 1610 g/mol. The van der Waals surface area contributed by atoms with E-state index in [0.717, 1.165) is 6.66 Å². The van der Waals surface area contributed by atoms with E-state index in [1.54, 1.807) is 45.2 Å². The van der Waals surface area contributed by atoms with Crippen molar-refractivity contribution in [1.29, 1.82) is 0 Å². The van der Waals surface area contributed by atoms with Gasteiger partial charge in [0.2, 0.25) is 23.6 Å². The van der Waals surface area contributed by atoms with Crippen molar-refractivity contribution in [3.05, 3.63) is 29.8 Å². The standard InChI is InChI=1S/C65H124N8O33P2/c1-47(2)57(64(86)71-51(9-7-16-69-65(66)87)63(85)70-49-12-10-48(44-74)11-13-49)72-62(84)50(67-3)8-5-6-15-68-56(79)14-18-93-20-22-95-24-26-97-28-30-99-32-34-101-36-38-103-40-41-104-39-37-102-35-33-100-31-29-98-27-25-96-23-21-94-19-17-73(42-52(75)58(80)60(82)54(77)45-105-107(4,88)89)43-53(76)59(81)61(83)55(78)46-106-108(90,91)92/h10-13,47,50-55,57-61,67,74-78,80-83H,5-9,14-46H2,1-4H3,(H,68,79)(H,70,85)(H,71,86)(H,72,84)(H,88,89)(H3,66,69,87)(H2,90,91,92)/t50-,51-,52-,53-,54+,55+,57-,58+,59+,60+,61+/m0/s1. The molecule has 0 bridgehead atoms. The van der Waals surface area contributed by atoms with Gasteiger partial charge < -0.3 is 160 Å². The quantitative estimate of drug-likeness (QED) is 0.0214. The Morgan fingerprint density at radius 1 is 0.472 bits per heavy atom. The molecule has 6 amide bonds. The van der Waals surface area contributed by atoms with Gasteiger partial charge in [-0.05, 0) is 62.8 Å². The third kappa shape index (κ3) is 54.4. The Kier molecular flexibility index (Phi) is 59.5. The number of benzene rings is 1. The van der Waals surface area contributed by atoms with Gasteiger partial charge in [0.1, 0.15) is 48.7 Å². The Labute approximate surface area is 630 Å². The van der Waals surface area contributed by atoms with Crippen LogP contribution in [0.5, 0.6) is 0 Å². The van der Waals surface area contributed by atoms with Crippen LogP contribution in [0.1, 0.15) is 57.9 Å². The van der Waals surface area contributed by atoms with E-state index in [0.29, 0.717) is 162 Å². The fraction of sp³-hybridized carbons (Fsp3) is 0.831. The van der Waals surface area contributed by atoms with Gasteiger partial charge in [0.25, 0.3) is 0 Å². The molecule has 0 aromatic heterocycles. The van der Waals surface area contributed by atoms with Gasteiger partial charge in [-0.1, -0.05) is 26.0 Å². The van der Waals surface area contributed by atoms with E-state index in [-0.39, 0.29) is 84.0 Å². The van der Waals surface area contributed by atoms with Crippen LogP contribution in [0.3, 0.4) is 0 Å². The number of carbonyl (C=O) groups excluding carboxylic acids is 5. The van der Waals surface area contributed by atoms with Gasteiger partial charge in [-0.15, -0.1) is 0 Å². The van der Waals surface area contributed by atoms with E-state index in [9.17, 15) is 84.0 Å². The van der Waals surface area contributed by atoms with Crippen molar-refractivity contribution in [2.24, 2.45) is 11.7 Å². The molecule has 1 rings (SSSR count). The number of nitrogens with one attached hydrogen (secondary N) is 6. The number of ether oxygens (including phenoxy) is 12. The number of anilines is 1. The largest absolute Gasteiger partial charge is 0.469 e. The summed E-state index contributed by atoms with van der Waals surface area (Å²) in [6.07, 6.45) is -13.9. The molecule has 0 aliphatic rings. The minimum absolute atomic E-state index is 0.0696. The maximum Gasteiger partial charge on any atom is 0.469 e. The molecule has 0 aliphatic heterocycles. The highest BCUT2D eigenvalue weighted by atomic mass is 31.2. The molecule has 1 unspecified atom stereocenters. The van der Waals surface area contributed by atoms with Crippen LogP contribution in [0.15, 0.2) is 24.3 Å². The highest BCUT2D eigenvalue weighted by Crippen LogP contribution is 2.37. The molecule has 41 nitrogen and oxygen atoms in total. The number of hydrogen-bond acceptors (Lipinski definition) is 32. The van der Waals surface area contributed by atoms with Gasteiger partial charge in [0.05, 0.1) is 197 Å². The average Bonchev–Trinajstić information content (AvgIpc) is 0.867. The Balaban J connectivity index is 2.04. The highest BCUT2D eigenvalue weighted by Gasteiger charge is 2.37. The van der Waals surface area contributed by atoms with Gasteiger partial charge in [0, 0.05) is 51.5 Å². The summed E-state index contributed by atoms with van der Waals surface area (Å²) in [6, 6.07) is 3.23. The van der Waals surface area contributed by atoms with Gasteiger partial charge in [0.15, 0.2) is 0 Å². The number of primary amides is 1. The summed E-state index contributed by atoms with van der Waals surface area (Å²) in [5.74, 6) is -1.97. The Morgan fingerprint density at radius 2 is 0.852 bits per heavy atom. The van der Waals surface area contributed by atoms with Crippen molar-refractivity contribution in [2.75, 3.05) is 224 Å². The molecule has 43 heteroatoms. The first-order valence-electron chi connectivity index (χ1n) is 35.8. The van der Waals surface area contributed by atoms with Crippen LogP contribution in [0, 0.1) is 5.92 Å². The molecule has 0 spiro atoms. The number of phosphoric acid groups is 1. The first kappa shape index (κ1) is 102. The third-order valence-corrected chi connectivity index (χ3v) is 16.5. The van der Waals surface area contributed by atoms with Crippen LogP contribution < -0.4 is 37.6 Å². The van der Waals surface area contributed by atoms with E-state index in [1.165, 1.54) is 4.90 Å². The van der Waals surface area contributed by atoms with Crippen molar-refractivity contribution in [1.82, 2.24) is 31.5 Å². The number of rotatable bonds is 73. The second kappa shape index (κ2) is 63.2. The van der Waals surface area contributed by atoms with E-state index in [2.05, 4.69) is 40.9 Å². The summed E-state index contributed by atoms with van der Waals surface area (Å²) < 4.78 is 97.1. The van der Waals surface area contributed by atoms with Gasteiger partial charge in [-0.25, -0.2) is 9.36 Å². The van der Waals surface area contributed by atoms with E-state index >= 15 is 0 Å². The summed E-state index contributed by atoms with van der Waals surface area (Å²) in [5.41, 5.74) is 6.28. The first-order chi connectivity index (χ1) is 51.5. The first-order valence-corrected chi connectivity index (χ1v) is 39.4. The summed E-state index contributed by atoms with van der Waals surface area (Å²) in [5, 5.41) is 109. The molecule has 1 aromatic carbocycles. The molecule has 0 saturated carbocycles. The molecule has 0 fully saturated rings. The fourth-order valence-corrected chi connectivity index (χ4v) is 10.1. The molecule has 0 saturated heterocycles. The number of amides is 6. The lowest BCUT2D eigenvalue weighted by atomic mass is 10.0. The molecule has 0 aliphatic carbocycles. The molecular weight excluding hydrogens is 1480 g/mol. The monoisotopic (exact) mass is 1610 g/mol. The Bertz CT molecular complexity index is 2510. The van der Waals surface area contributed by atoms with Gasteiger partial charge >= 0.3 is 21.4 Å². The number of unbranched alkanes of at least 4 members (excludes halogenated alkanes) is 1. The van der Waals surface area contributed by atoms with Crippen LogP contribution in [0.4, 0.5) is 10.5 Å². The van der Waals surface area contributed by atoms with Crippen molar-refractivity contribution < 1.29 is 160 Å². The summed E-state index contributed by atoms with van der Waals surface area (Å²) >= 11 is 0. The number of carbonyl (C=O) groups is 5. The van der Waals surface area contributed by atoms with Crippen LogP contribution in [-0.4, -0.2) is 380 Å². The van der Waals surface area contributed by atoms with Crippen LogP contribution in [0.2, 0.25) is 0 Å². The van der Waals surface area contributed by atoms with Crippen molar-refractivity contribution in [3.8, 4) is 0 Å². The topological polar surface area (TPSA) is 593 Å². The molecule has 0 heterocycles. The second-order valence-corrected chi connectivity index (χ2v) is 27.8. The molecule has 108 heavy (non-hydrogen) atoms. The maximum atomic E-state index is 13.6. The number of hydrogen-bond donors (Lipinski definition) is 19. The summed E-state index contributed by atoms with van der Waals surface area (Å²) in [6.45, 7) is 8.92. The minimum Gasteiger partial charge on any atom is -0.392 e. The SMILES string of the molecule is CN[C@@H](CCCCNC(=O)CCOCCOCCOCCOCCOCCOCCOCCOCCOCCOCCOCCOCCN(C[C@H](O)[C@@H](O)[C@H](O)[C@H](O)COP(C)(=O)O)C[C@H](O)[C@@H](O)[C@H](O)[C@H](O)COP(=O)(O)O)C(=O)N[C@H](C(=O)N[C@@H](CCCNC(N)=O)C(=O)Nc1ccc(CO)cc1)C(C)C. The van der Waals surface area contributed by atoms with Gasteiger partial charge in [-0.2, -0.15) is 0 Å². The number of urea groups is 1. The smallest absolute Gasteiger partial charge is 0.392 e. The number of nitrogens with two attached hydrogens (primary N) is 1. The molecule has 20 N–H and O–H groups in total. The zero-order valence-electron chi connectivity index (χ0n) is 62.5. The highest BCUT2D eigenvalue weighted by molar-refractivity contribution is 7.51. The van der Waals surface area contributed by atoms with E-state index < -0.39 is 132 Å².